The number of hydrogen-bond acceptors (Lipinski definition) is 8. The Labute approximate surface area is 360 Å². The fourth-order valence-electron chi connectivity index (χ4n) is 6.98. The van der Waals surface area contributed by atoms with Gasteiger partial charge in [-0.1, -0.05) is 24.3 Å². The van der Waals surface area contributed by atoms with Crippen molar-refractivity contribution in [2.75, 3.05) is 0 Å². The Bertz CT molecular complexity index is 2830. The van der Waals surface area contributed by atoms with Crippen LogP contribution < -0.4 is 5.73 Å². The van der Waals surface area contributed by atoms with Crippen LogP contribution in [0.25, 0.3) is 55.8 Å². The number of aryl methyl sites for hydroxylation is 2. The summed E-state index contributed by atoms with van der Waals surface area (Å²) < 4.78 is 56.3. The van der Waals surface area contributed by atoms with Crippen molar-refractivity contribution in [3.8, 4) is 44.8 Å². The summed E-state index contributed by atoms with van der Waals surface area (Å²) in [6.45, 7) is 9.44. The lowest BCUT2D eigenvalue weighted by molar-refractivity contribution is 0.0954. The van der Waals surface area contributed by atoms with Crippen LogP contribution >= 0.6 is 12.4 Å². The van der Waals surface area contributed by atoms with E-state index >= 15 is 0 Å². The van der Waals surface area contributed by atoms with Gasteiger partial charge < -0.3 is 10.8 Å². The normalized spacial score (nSPS) is 11.6. The minimum absolute atomic E-state index is 0. The molecule has 0 unspecified atom stereocenters. The van der Waals surface area contributed by atoms with Crippen molar-refractivity contribution in [3.63, 3.8) is 0 Å². The third-order valence-corrected chi connectivity index (χ3v) is 10.2. The fourth-order valence-corrected chi connectivity index (χ4v) is 6.98. The summed E-state index contributed by atoms with van der Waals surface area (Å²) >= 11 is 0. The number of nitrogens with zero attached hydrogens (tertiary/aromatic N) is 11. The van der Waals surface area contributed by atoms with E-state index in [0.29, 0.717) is 17.8 Å². The predicted molar refractivity (Wildman–Crippen MR) is 229 cm³/mol. The zero-order chi connectivity index (χ0) is 43.6. The summed E-state index contributed by atoms with van der Waals surface area (Å²) in [6, 6.07) is 15.7. The first-order chi connectivity index (χ1) is 29.1. The van der Waals surface area contributed by atoms with Crippen LogP contribution in [0.2, 0.25) is 0 Å². The molecule has 0 saturated carbocycles. The molecule has 0 spiro atoms. The van der Waals surface area contributed by atoms with E-state index in [1.165, 1.54) is 26.9 Å². The summed E-state index contributed by atoms with van der Waals surface area (Å²) in [6.07, 6.45) is 7.02. The number of fused-ring (bicyclic) bond motifs is 2. The van der Waals surface area contributed by atoms with E-state index in [2.05, 4.69) is 36.4 Å². The Morgan fingerprint density at radius 3 is 1.52 bits per heavy atom. The lowest BCUT2D eigenvalue weighted by Gasteiger charge is -2.33. The van der Waals surface area contributed by atoms with Gasteiger partial charge in [-0.15, -0.1) is 12.4 Å². The van der Waals surface area contributed by atoms with Gasteiger partial charge in [-0.3, -0.25) is 14.3 Å². The molecule has 0 aliphatic carbocycles. The van der Waals surface area contributed by atoms with Gasteiger partial charge in [-0.2, -0.15) is 20.4 Å². The third kappa shape index (κ3) is 9.92. The quantitative estimate of drug-likeness (QED) is 0.121. The second kappa shape index (κ2) is 18.5. The second-order valence-corrected chi connectivity index (χ2v) is 15.5. The highest BCUT2D eigenvalue weighted by Gasteiger charge is 2.27. The van der Waals surface area contributed by atoms with Gasteiger partial charge in [0.1, 0.15) is 25.7 Å². The van der Waals surface area contributed by atoms with E-state index < -0.39 is 37.6 Å². The predicted octanol–water partition coefficient (Wildman–Crippen LogP) is 8.83. The molecular formula is C43H45ClF4N12O2. The average Bonchev–Trinajstić information content (AvgIpc) is 4.02. The molecule has 6 heterocycles. The first-order valence-electron chi connectivity index (χ1n) is 19.3. The lowest BCUT2D eigenvalue weighted by Crippen LogP contribution is -2.44. The molecule has 19 heteroatoms. The zero-order valence-electron chi connectivity index (χ0n) is 34.5. The van der Waals surface area contributed by atoms with Gasteiger partial charge in [0, 0.05) is 76.8 Å². The molecule has 1 amide bonds. The molecule has 0 bridgehead atoms. The van der Waals surface area contributed by atoms with Crippen molar-refractivity contribution in [1.29, 1.82) is 0 Å². The molecule has 3 N–H and O–H groups in total. The minimum Gasteiger partial charge on any atom is -0.465 e. The Kier molecular flexibility index (Phi) is 13.4. The molecule has 324 valence electrons. The molecule has 8 aromatic rings. The van der Waals surface area contributed by atoms with Crippen LogP contribution in [0.15, 0.2) is 98.4 Å². The van der Waals surface area contributed by atoms with Gasteiger partial charge in [-0.05, 0) is 81.1 Å². The minimum atomic E-state index is -2.48. The van der Waals surface area contributed by atoms with Crippen LogP contribution in [0.3, 0.4) is 0 Å². The fraction of sp³-hybridized carbons (Fsp3) is 0.279. The molecule has 62 heavy (non-hydrogen) atoms. The molecular weight excluding hydrogens is 828 g/mol. The van der Waals surface area contributed by atoms with Crippen molar-refractivity contribution < 1.29 is 27.5 Å². The Morgan fingerprint density at radius 2 is 1.13 bits per heavy atom. The lowest BCUT2D eigenvalue weighted by atomic mass is 10.00. The van der Waals surface area contributed by atoms with Crippen molar-refractivity contribution >= 4 is 29.5 Å². The largest absolute Gasteiger partial charge is 0.465 e. The topological polar surface area (TPSA) is 163 Å². The summed E-state index contributed by atoms with van der Waals surface area (Å²) in [5.41, 5.74) is 17.3. The van der Waals surface area contributed by atoms with Crippen molar-refractivity contribution in [1.82, 2.24) is 53.7 Å². The van der Waals surface area contributed by atoms with E-state index in [9.17, 15) is 27.5 Å². The number of rotatable bonds is 11. The Hall–Kier alpha value is -6.66. The zero-order valence-corrected chi connectivity index (χ0v) is 35.3. The third-order valence-electron chi connectivity index (χ3n) is 10.2. The number of nitrogens with two attached hydrogens (primary N) is 1. The van der Waals surface area contributed by atoms with Gasteiger partial charge >= 0.3 is 6.09 Å². The molecule has 0 saturated heterocycles. The van der Waals surface area contributed by atoms with Crippen LogP contribution in [0, 0.1) is 13.8 Å². The number of hydrogen-bond donors (Lipinski definition) is 2. The van der Waals surface area contributed by atoms with E-state index in [0.717, 1.165) is 66.8 Å². The molecule has 0 aliphatic heterocycles. The molecule has 0 aliphatic rings. The molecule has 0 fully saturated rings. The number of aromatic nitrogens is 10. The number of carboxylic acid groups (broad SMARTS) is 1. The summed E-state index contributed by atoms with van der Waals surface area (Å²) in [5, 5.41) is 26.2. The standard InChI is InChI=1S/C24H26F2N6O2.C19H18F2N6.ClH/c1-15-7-16(5-6-17(15)11-31(23(33)34)24(2,3)4)22-20-8-18(12-32(20)29-14-27-22)19-9-28-30(10-19)13-21(25)26;1-12-4-13(2-3-14(12)6-22)19-17-5-15(9-27(17)25-11-23-19)16-7-24-26(8-16)10-18(20)21;/h5-10,12,14,21H,11,13H2,1-4H3,(H,33,34);2-5,7-9,11,18H,6,10,22H2,1H3;1H. The molecule has 0 radical (unpaired) electrons. The van der Waals surface area contributed by atoms with Crippen LogP contribution in [0.1, 0.15) is 43.0 Å². The smallest absolute Gasteiger partial charge is 0.408 e. The number of alkyl halides is 4. The average molecular weight is 873 g/mol. The molecule has 6 aromatic heterocycles. The van der Waals surface area contributed by atoms with Gasteiger partial charge in [0.25, 0.3) is 12.9 Å². The first-order valence-corrected chi connectivity index (χ1v) is 19.3. The number of benzene rings is 2. The summed E-state index contributed by atoms with van der Waals surface area (Å²) in [4.78, 5) is 22.1. The number of carbonyl (C=O) groups is 1. The monoisotopic (exact) mass is 872 g/mol. The van der Waals surface area contributed by atoms with E-state index in [-0.39, 0.29) is 19.0 Å². The molecule has 2 aromatic carbocycles. The molecule has 8 rings (SSSR count). The maximum absolute atomic E-state index is 12.7. The van der Waals surface area contributed by atoms with Crippen molar-refractivity contribution in [2.45, 2.75) is 79.2 Å². The van der Waals surface area contributed by atoms with E-state index in [1.54, 1.807) is 40.0 Å². The van der Waals surface area contributed by atoms with Gasteiger partial charge in [0.05, 0.1) is 34.8 Å². The molecule has 14 nitrogen and oxygen atoms in total. The van der Waals surface area contributed by atoms with Gasteiger partial charge in [0.15, 0.2) is 0 Å². The van der Waals surface area contributed by atoms with Crippen molar-refractivity contribution in [3.05, 3.63) is 121 Å². The number of halogens is 5. The van der Waals surface area contributed by atoms with Crippen LogP contribution in [0.4, 0.5) is 22.4 Å². The maximum Gasteiger partial charge on any atom is 0.408 e. The first kappa shape index (κ1) is 44.9. The summed E-state index contributed by atoms with van der Waals surface area (Å²) in [7, 11) is 0. The number of amides is 1. The van der Waals surface area contributed by atoms with Crippen molar-refractivity contribution in [2.24, 2.45) is 5.73 Å². The Morgan fingerprint density at radius 1 is 0.677 bits per heavy atom. The van der Waals surface area contributed by atoms with Crippen LogP contribution in [-0.2, 0) is 26.2 Å². The Balaban J connectivity index is 0.000000209. The summed E-state index contributed by atoms with van der Waals surface area (Å²) in [5.74, 6) is 0. The molecule has 0 atom stereocenters. The SMILES string of the molecule is Cc1cc(-c2ncnn3cc(-c4cnn(CC(F)F)c4)cc23)ccc1CN.Cc1cc(-c2ncnn3cc(-c4cnn(CC(F)F)c4)cc23)ccc1CN(C(=O)O)C(C)(C)C.Cl. The second-order valence-electron chi connectivity index (χ2n) is 15.5. The highest BCUT2D eigenvalue weighted by molar-refractivity contribution is 5.85. The highest BCUT2D eigenvalue weighted by Crippen LogP contribution is 2.31. The highest BCUT2D eigenvalue weighted by atomic mass is 35.5. The van der Waals surface area contributed by atoms with Crippen LogP contribution in [0.5, 0.6) is 0 Å². The van der Waals surface area contributed by atoms with E-state index in [1.807, 2.05) is 83.3 Å². The maximum atomic E-state index is 12.7. The van der Waals surface area contributed by atoms with Crippen LogP contribution in [-0.4, -0.2) is 83.2 Å². The van der Waals surface area contributed by atoms with E-state index in [4.69, 9.17) is 5.73 Å². The van der Waals surface area contributed by atoms with Gasteiger partial charge in [0.2, 0.25) is 0 Å². The van der Waals surface area contributed by atoms with Gasteiger partial charge in [-0.25, -0.2) is 41.4 Å².